The molecule has 0 spiro atoms. The molecule has 0 radical (unpaired) electrons. The van der Waals surface area contributed by atoms with E-state index in [9.17, 15) is 9.90 Å². The van der Waals surface area contributed by atoms with Gasteiger partial charge in [-0.15, -0.1) is 0 Å². The van der Waals surface area contributed by atoms with Gasteiger partial charge in [-0.25, -0.2) is 0 Å². The molecule has 1 aliphatic carbocycles. The zero-order chi connectivity index (χ0) is 13.3. The van der Waals surface area contributed by atoms with E-state index in [1.807, 2.05) is 6.92 Å². The lowest BCUT2D eigenvalue weighted by Gasteiger charge is -2.43. The summed E-state index contributed by atoms with van der Waals surface area (Å²) in [6.45, 7) is 6.88. The molecule has 1 saturated carbocycles. The molecule has 0 aromatic rings. The van der Waals surface area contributed by atoms with E-state index in [1.165, 1.54) is 19.3 Å². The van der Waals surface area contributed by atoms with Crippen molar-refractivity contribution in [3.05, 3.63) is 0 Å². The van der Waals surface area contributed by atoms with Gasteiger partial charge in [-0.05, 0) is 46.5 Å². The molecule has 2 N–H and O–H groups in total. The minimum atomic E-state index is -0.805. The first kappa shape index (κ1) is 13.8. The minimum absolute atomic E-state index is 0.418. The Labute approximate surface area is 110 Å². The van der Waals surface area contributed by atoms with Crippen molar-refractivity contribution in [2.24, 2.45) is 0 Å². The van der Waals surface area contributed by atoms with Gasteiger partial charge in [0.15, 0.2) is 0 Å². The second-order valence-electron chi connectivity index (χ2n) is 6.36. The van der Waals surface area contributed by atoms with Crippen molar-refractivity contribution in [2.45, 2.75) is 76.5 Å². The van der Waals surface area contributed by atoms with Crippen molar-refractivity contribution in [2.75, 3.05) is 6.54 Å². The van der Waals surface area contributed by atoms with Crippen molar-refractivity contribution in [3.63, 3.8) is 0 Å². The molecule has 1 aliphatic heterocycles. The second kappa shape index (κ2) is 5.17. The Bertz CT molecular complexity index is 307. The number of aliphatic carboxylic acids is 1. The molecular formula is C14H26N2O2. The summed E-state index contributed by atoms with van der Waals surface area (Å²) in [5.74, 6) is -0.723. The summed E-state index contributed by atoms with van der Waals surface area (Å²) in [7, 11) is 0. The number of likely N-dealkylation sites (tertiary alicyclic amines) is 1. The number of carbonyl (C=O) groups is 1. The fourth-order valence-electron chi connectivity index (χ4n) is 3.00. The van der Waals surface area contributed by atoms with Gasteiger partial charge in [0, 0.05) is 24.7 Å². The lowest BCUT2D eigenvalue weighted by Crippen LogP contribution is -2.61. The highest BCUT2D eigenvalue weighted by molar-refractivity contribution is 5.78. The van der Waals surface area contributed by atoms with Gasteiger partial charge in [-0.3, -0.25) is 15.0 Å². The van der Waals surface area contributed by atoms with Crippen LogP contribution >= 0.6 is 0 Å². The van der Waals surface area contributed by atoms with Crippen LogP contribution in [0.1, 0.15) is 52.9 Å². The van der Waals surface area contributed by atoms with E-state index in [2.05, 4.69) is 24.1 Å². The summed E-state index contributed by atoms with van der Waals surface area (Å²) in [4.78, 5) is 14.0. The molecule has 104 valence electrons. The molecule has 0 aromatic heterocycles. The molecule has 0 amide bonds. The van der Waals surface area contributed by atoms with E-state index in [4.69, 9.17) is 0 Å². The highest BCUT2D eigenvalue weighted by atomic mass is 16.4. The average Bonchev–Trinajstić information content (AvgIpc) is 3.07. The van der Waals surface area contributed by atoms with Gasteiger partial charge in [-0.1, -0.05) is 6.42 Å². The summed E-state index contributed by atoms with van der Waals surface area (Å²) < 4.78 is 0. The number of carboxylic acids is 1. The zero-order valence-corrected chi connectivity index (χ0v) is 11.8. The fourth-order valence-corrected chi connectivity index (χ4v) is 3.00. The van der Waals surface area contributed by atoms with Gasteiger partial charge in [0.25, 0.3) is 0 Å². The lowest BCUT2D eigenvalue weighted by atomic mass is 9.93. The molecule has 2 rings (SSSR count). The van der Waals surface area contributed by atoms with Crippen LogP contribution in [0.3, 0.4) is 0 Å². The molecule has 1 saturated heterocycles. The van der Waals surface area contributed by atoms with Gasteiger partial charge in [0.1, 0.15) is 5.54 Å². The van der Waals surface area contributed by atoms with Crippen molar-refractivity contribution in [1.82, 2.24) is 10.2 Å². The average molecular weight is 254 g/mol. The topological polar surface area (TPSA) is 52.6 Å². The number of hydrogen-bond donors (Lipinski definition) is 2. The summed E-state index contributed by atoms with van der Waals surface area (Å²) >= 11 is 0. The quantitative estimate of drug-likeness (QED) is 0.786. The van der Waals surface area contributed by atoms with Crippen molar-refractivity contribution < 1.29 is 9.90 Å². The number of nitrogens with one attached hydrogen (secondary N) is 1. The Morgan fingerprint density at radius 1 is 1.28 bits per heavy atom. The first-order chi connectivity index (χ1) is 8.42. The largest absolute Gasteiger partial charge is 0.480 e. The van der Waals surface area contributed by atoms with Crippen molar-refractivity contribution in [3.8, 4) is 0 Å². The molecule has 4 heteroatoms. The van der Waals surface area contributed by atoms with Crippen molar-refractivity contribution >= 4 is 5.97 Å². The van der Waals surface area contributed by atoms with E-state index >= 15 is 0 Å². The third-order valence-corrected chi connectivity index (χ3v) is 4.45. The number of nitrogens with zero attached hydrogens (tertiary/aromatic N) is 1. The Hall–Kier alpha value is -0.610. The van der Waals surface area contributed by atoms with Gasteiger partial charge in [0.2, 0.25) is 0 Å². The normalized spacial score (nSPS) is 33.1. The monoisotopic (exact) mass is 254 g/mol. The van der Waals surface area contributed by atoms with Gasteiger partial charge < -0.3 is 5.11 Å². The third kappa shape index (κ3) is 3.04. The highest BCUT2D eigenvalue weighted by Crippen LogP contribution is 2.27. The Morgan fingerprint density at radius 3 is 2.28 bits per heavy atom. The van der Waals surface area contributed by atoms with Crippen LogP contribution in [0.4, 0.5) is 0 Å². The zero-order valence-electron chi connectivity index (χ0n) is 11.8. The fraction of sp³-hybridized carbons (Fsp3) is 0.929. The smallest absolute Gasteiger partial charge is 0.324 e. The molecule has 3 atom stereocenters. The van der Waals surface area contributed by atoms with Gasteiger partial charge in [-0.2, -0.15) is 0 Å². The van der Waals surface area contributed by atoms with E-state index in [0.717, 1.165) is 12.8 Å². The maximum absolute atomic E-state index is 11.6. The molecule has 1 heterocycles. The molecule has 4 nitrogen and oxygen atoms in total. The van der Waals surface area contributed by atoms with Crippen LogP contribution < -0.4 is 5.32 Å². The molecule has 1 unspecified atom stereocenters. The maximum atomic E-state index is 11.6. The van der Waals surface area contributed by atoms with Crippen LogP contribution in [0.2, 0.25) is 0 Å². The van der Waals surface area contributed by atoms with Crippen LogP contribution in [0, 0.1) is 0 Å². The standard InChI is InChI=1S/C14H26N2O2/c1-10-5-4-6-11(2)16(10)9-14(3,13(17)18)15-12-7-8-12/h10-12,15H,4-9H2,1-3H3,(H,17,18)/t10-,11+,14?. The molecule has 0 bridgehead atoms. The summed E-state index contributed by atoms with van der Waals surface area (Å²) in [6.07, 6.45) is 5.87. The van der Waals surface area contributed by atoms with E-state index in [1.54, 1.807) is 0 Å². The van der Waals surface area contributed by atoms with Crippen LogP contribution in [-0.4, -0.2) is 46.2 Å². The summed E-state index contributed by atoms with van der Waals surface area (Å²) in [6, 6.07) is 1.41. The van der Waals surface area contributed by atoms with Crippen LogP contribution in [-0.2, 0) is 4.79 Å². The van der Waals surface area contributed by atoms with Gasteiger partial charge >= 0.3 is 5.97 Å². The Morgan fingerprint density at radius 2 is 1.83 bits per heavy atom. The molecule has 18 heavy (non-hydrogen) atoms. The molecule has 2 fully saturated rings. The lowest BCUT2D eigenvalue weighted by molar-refractivity contribution is -0.146. The predicted molar refractivity (Wildman–Crippen MR) is 71.7 cm³/mol. The second-order valence-corrected chi connectivity index (χ2v) is 6.36. The molecule has 0 aromatic carbocycles. The number of hydrogen-bond acceptors (Lipinski definition) is 3. The summed E-state index contributed by atoms with van der Waals surface area (Å²) in [5, 5.41) is 12.8. The van der Waals surface area contributed by atoms with Crippen LogP contribution in [0.5, 0.6) is 0 Å². The predicted octanol–water partition coefficient (Wildman–Crippen LogP) is 1.84. The van der Waals surface area contributed by atoms with E-state index in [-0.39, 0.29) is 0 Å². The van der Waals surface area contributed by atoms with Gasteiger partial charge in [0.05, 0.1) is 0 Å². The van der Waals surface area contributed by atoms with Crippen LogP contribution in [0.25, 0.3) is 0 Å². The third-order valence-electron chi connectivity index (χ3n) is 4.45. The first-order valence-electron chi connectivity index (χ1n) is 7.19. The Balaban J connectivity index is 2.04. The SMILES string of the molecule is C[C@@H]1CCC[C@H](C)N1CC(C)(NC1CC1)C(=O)O. The minimum Gasteiger partial charge on any atom is -0.480 e. The molecule has 2 aliphatic rings. The molecular weight excluding hydrogens is 228 g/mol. The van der Waals surface area contributed by atoms with E-state index < -0.39 is 11.5 Å². The maximum Gasteiger partial charge on any atom is 0.324 e. The van der Waals surface area contributed by atoms with Crippen LogP contribution in [0.15, 0.2) is 0 Å². The summed E-state index contributed by atoms with van der Waals surface area (Å²) in [5.41, 5.74) is -0.805. The Kier molecular flexibility index (Phi) is 3.97. The van der Waals surface area contributed by atoms with Crippen molar-refractivity contribution in [1.29, 1.82) is 0 Å². The number of piperidine rings is 1. The highest BCUT2D eigenvalue weighted by Gasteiger charge is 2.41. The van der Waals surface area contributed by atoms with E-state index in [0.29, 0.717) is 24.7 Å². The number of carboxylic acid groups (broad SMARTS) is 1. The number of rotatable bonds is 5. The first-order valence-corrected chi connectivity index (χ1v) is 7.19.